The standard InChI is InChI=1S/C12H13ClF3NO3.ClH/c1-2-19-10(18)6-8(17)11-7(13)4-3-5-9(11)20-12(14,15)16;/h3-5,8H,2,6,17H2,1H3;1H/t8-;/m1./s1. The van der Waals surface area contributed by atoms with Crippen molar-refractivity contribution >= 4 is 30.0 Å². The van der Waals surface area contributed by atoms with E-state index < -0.39 is 24.1 Å². The first-order valence-electron chi connectivity index (χ1n) is 5.70. The zero-order valence-electron chi connectivity index (χ0n) is 10.9. The van der Waals surface area contributed by atoms with Crippen LogP contribution >= 0.6 is 24.0 Å². The van der Waals surface area contributed by atoms with Crippen molar-refractivity contribution in [3.63, 3.8) is 0 Å². The Morgan fingerprint density at radius 2 is 2.05 bits per heavy atom. The summed E-state index contributed by atoms with van der Waals surface area (Å²) in [5, 5.41) is -0.0106. The third-order valence-corrected chi connectivity index (χ3v) is 2.63. The minimum absolute atomic E-state index is 0. The molecule has 0 heterocycles. The van der Waals surface area contributed by atoms with Crippen molar-refractivity contribution in [1.29, 1.82) is 0 Å². The van der Waals surface area contributed by atoms with Crippen molar-refractivity contribution in [1.82, 2.24) is 0 Å². The van der Waals surface area contributed by atoms with Gasteiger partial charge in [-0.1, -0.05) is 17.7 Å². The van der Waals surface area contributed by atoms with Crippen LogP contribution in [0.2, 0.25) is 5.02 Å². The fraction of sp³-hybridized carbons (Fsp3) is 0.417. The highest BCUT2D eigenvalue weighted by Gasteiger charge is 2.33. The SMILES string of the molecule is CCOC(=O)C[C@@H](N)c1c(Cl)cccc1OC(F)(F)F.Cl. The highest BCUT2D eigenvalue weighted by atomic mass is 35.5. The molecule has 1 rings (SSSR count). The molecule has 0 spiro atoms. The normalized spacial score (nSPS) is 12.3. The van der Waals surface area contributed by atoms with Crippen LogP contribution < -0.4 is 10.5 Å². The maximum atomic E-state index is 12.3. The zero-order chi connectivity index (χ0) is 15.3. The number of carbonyl (C=O) groups is 1. The van der Waals surface area contributed by atoms with Crippen LogP contribution in [-0.4, -0.2) is 18.9 Å². The van der Waals surface area contributed by atoms with Gasteiger partial charge >= 0.3 is 12.3 Å². The van der Waals surface area contributed by atoms with Crippen molar-refractivity contribution in [3.05, 3.63) is 28.8 Å². The van der Waals surface area contributed by atoms with Gasteiger partial charge in [0.1, 0.15) is 5.75 Å². The van der Waals surface area contributed by atoms with Gasteiger partial charge in [0, 0.05) is 16.6 Å². The van der Waals surface area contributed by atoms with E-state index in [4.69, 9.17) is 17.3 Å². The van der Waals surface area contributed by atoms with Crippen molar-refractivity contribution in [2.75, 3.05) is 6.61 Å². The number of hydrogen-bond acceptors (Lipinski definition) is 4. The molecule has 0 bridgehead atoms. The lowest BCUT2D eigenvalue weighted by molar-refractivity contribution is -0.274. The van der Waals surface area contributed by atoms with Gasteiger partial charge in [-0.05, 0) is 19.1 Å². The summed E-state index contributed by atoms with van der Waals surface area (Å²) in [6, 6.07) is 2.69. The first kappa shape index (κ1) is 19.8. The summed E-state index contributed by atoms with van der Waals surface area (Å²) < 4.78 is 45.5. The molecule has 1 aromatic carbocycles. The number of halogens is 5. The van der Waals surface area contributed by atoms with Crippen molar-refractivity contribution in [3.8, 4) is 5.75 Å². The van der Waals surface area contributed by atoms with Crippen molar-refractivity contribution in [2.45, 2.75) is 25.7 Å². The molecule has 0 unspecified atom stereocenters. The molecule has 9 heteroatoms. The first-order chi connectivity index (χ1) is 9.24. The van der Waals surface area contributed by atoms with E-state index in [2.05, 4.69) is 9.47 Å². The summed E-state index contributed by atoms with van der Waals surface area (Å²) in [5.74, 6) is -1.15. The zero-order valence-corrected chi connectivity index (χ0v) is 12.5. The molecule has 0 fully saturated rings. The molecule has 0 aliphatic carbocycles. The van der Waals surface area contributed by atoms with Gasteiger partial charge in [-0.25, -0.2) is 0 Å². The highest BCUT2D eigenvalue weighted by Crippen LogP contribution is 2.35. The number of alkyl halides is 3. The predicted octanol–water partition coefficient (Wildman–Crippen LogP) is 3.61. The molecule has 0 saturated carbocycles. The van der Waals surface area contributed by atoms with E-state index in [9.17, 15) is 18.0 Å². The number of ether oxygens (including phenoxy) is 2. The summed E-state index contributed by atoms with van der Waals surface area (Å²) in [5.41, 5.74) is 5.63. The third-order valence-electron chi connectivity index (χ3n) is 2.30. The lowest BCUT2D eigenvalue weighted by atomic mass is 10.0. The molecule has 4 nitrogen and oxygen atoms in total. The Hall–Kier alpha value is -1.18. The van der Waals surface area contributed by atoms with Crippen LogP contribution in [0.4, 0.5) is 13.2 Å². The van der Waals surface area contributed by atoms with Gasteiger partial charge in [-0.3, -0.25) is 4.79 Å². The number of hydrogen-bond donors (Lipinski definition) is 1. The highest BCUT2D eigenvalue weighted by molar-refractivity contribution is 6.31. The summed E-state index contributed by atoms with van der Waals surface area (Å²) in [4.78, 5) is 11.3. The summed E-state index contributed by atoms with van der Waals surface area (Å²) in [7, 11) is 0. The van der Waals surface area contributed by atoms with Gasteiger partial charge in [0.15, 0.2) is 0 Å². The van der Waals surface area contributed by atoms with Crippen LogP contribution in [-0.2, 0) is 9.53 Å². The number of benzene rings is 1. The van der Waals surface area contributed by atoms with Gasteiger partial charge < -0.3 is 15.2 Å². The Kier molecular flexibility index (Phi) is 7.84. The Balaban J connectivity index is 0.00000400. The largest absolute Gasteiger partial charge is 0.573 e. The molecular weight excluding hydrogens is 334 g/mol. The minimum atomic E-state index is -4.87. The molecule has 120 valence electrons. The molecule has 0 aliphatic rings. The minimum Gasteiger partial charge on any atom is -0.466 e. The fourth-order valence-corrected chi connectivity index (χ4v) is 1.90. The molecule has 1 atom stereocenters. The average Bonchev–Trinajstić information content (AvgIpc) is 2.26. The predicted molar refractivity (Wildman–Crippen MR) is 73.6 cm³/mol. The van der Waals surface area contributed by atoms with Gasteiger partial charge in [0.05, 0.1) is 13.0 Å². The van der Waals surface area contributed by atoms with Gasteiger partial charge in [0.2, 0.25) is 0 Å². The molecule has 21 heavy (non-hydrogen) atoms. The second-order valence-electron chi connectivity index (χ2n) is 3.82. The summed E-state index contributed by atoms with van der Waals surface area (Å²) >= 11 is 5.83. The summed E-state index contributed by atoms with van der Waals surface area (Å²) in [6.45, 7) is 1.76. The van der Waals surface area contributed by atoms with E-state index in [0.29, 0.717) is 0 Å². The lowest BCUT2D eigenvalue weighted by Crippen LogP contribution is -2.22. The molecule has 0 amide bonds. The quantitative estimate of drug-likeness (QED) is 0.826. The van der Waals surface area contributed by atoms with Crippen LogP contribution in [0, 0.1) is 0 Å². The van der Waals surface area contributed by atoms with Crippen LogP contribution in [0.5, 0.6) is 5.75 Å². The monoisotopic (exact) mass is 347 g/mol. The Bertz CT molecular complexity index is 483. The Morgan fingerprint density at radius 3 is 2.57 bits per heavy atom. The van der Waals surface area contributed by atoms with Crippen LogP contribution in [0.25, 0.3) is 0 Å². The smallest absolute Gasteiger partial charge is 0.466 e. The number of carbonyl (C=O) groups excluding carboxylic acids is 1. The van der Waals surface area contributed by atoms with E-state index in [0.717, 1.165) is 6.07 Å². The van der Waals surface area contributed by atoms with Crippen LogP contribution in [0.3, 0.4) is 0 Å². The topological polar surface area (TPSA) is 61.5 Å². The van der Waals surface area contributed by atoms with Crippen LogP contribution in [0.1, 0.15) is 24.9 Å². The van der Waals surface area contributed by atoms with Crippen molar-refractivity contribution < 1.29 is 27.4 Å². The molecule has 0 saturated heterocycles. The van der Waals surface area contributed by atoms with Gasteiger partial charge in [0.25, 0.3) is 0 Å². The number of nitrogens with two attached hydrogens (primary N) is 1. The van der Waals surface area contributed by atoms with Gasteiger partial charge in [-0.2, -0.15) is 0 Å². The van der Waals surface area contributed by atoms with Crippen molar-refractivity contribution in [2.24, 2.45) is 5.73 Å². The molecule has 1 aromatic rings. The second kappa shape index (κ2) is 8.31. The third kappa shape index (κ3) is 6.41. The van der Waals surface area contributed by atoms with E-state index in [1.165, 1.54) is 12.1 Å². The molecular formula is C12H14Cl2F3NO3. The molecule has 2 N–H and O–H groups in total. The van der Waals surface area contributed by atoms with E-state index >= 15 is 0 Å². The lowest BCUT2D eigenvalue weighted by Gasteiger charge is -2.18. The maximum absolute atomic E-state index is 12.3. The second-order valence-corrected chi connectivity index (χ2v) is 4.22. The fourth-order valence-electron chi connectivity index (χ4n) is 1.59. The average molecular weight is 348 g/mol. The van der Waals surface area contributed by atoms with Crippen LogP contribution in [0.15, 0.2) is 18.2 Å². The maximum Gasteiger partial charge on any atom is 0.573 e. The van der Waals surface area contributed by atoms with E-state index in [1.54, 1.807) is 6.92 Å². The summed E-state index contributed by atoms with van der Waals surface area (Å²) in [6.07, 6.45) is -5.17. The van der Waals surface area contributed by atoms with Gasteiger partial charge in [-0.15, -0.1) is 25.6 Å². The molecule has 0 aliphatic heterocycles. The molecule has 0 aromatic heterocycles. The number of esters is 1. The number of rotatable bonds is 5. The van der Waals surface area contributed by atoms with E-state index in [-0.39, 0.29) is 36.0 Å². The molecule has 0 radical (unpaired) electrons. The Morgan fingerprint density at radius 1 is 1.43 bits per heavy atom. The first-order valence-corrected chi connectivity index (χ1v) is 6.07. The Labute approximate surface area is 130 Å². The van der Waals surface area contributed by atoms with E-state index in [1.807, 2.05) is 0 Å².